The molecule has 0 aliphatic rings. The largest absolute Gasteiger partial charge is 0.701 e. The van der Waals surface area contributed by atoms with E-state index in [4.69, 9.17) is 11.6 Å². The average Bonchev–Trinajstić information content (AvgIpc) is 2.48. The lowest BCUT2D eigenvalue weighted by Gasteiger charge is -2.30. The van der Waals surface area contributed by atoms with Gasteiger partial charge in [-0.25, -0.2) is 3.89 Å². The van der Waals surface area contributed by atoms with Crippen molar-refractivity contribution in [3.63, 3.8) is 0 Å². The van der Waals surface area contributed by atoms with Crippen LogP contribution in [0.3, 0.4) is 0 Å². The van der Waals surface area contributed by atoms with Crippen molar-refractivity contribution in [1.29, 1.82) is 0 Å². The van der Waals surface area contributed by atoms with E-state index < -0.39 is 20.1 Å². The van der Waals surface area contributed by atoms with E-state index in [1.54, 1.807) is 24.3 Å². The Balaban J connectivity index is 2.34. The van der Waals surface area contributed by atoms with Crippen molar-refractivity contribution >= 4 is 39.2 Å². The summed E-state index contributed by atoms with van der Waals surface area (Å²) in [6.45, 7) is 0. The van der Waals surface area contributed by atoms with Crippen molar-refractivity contribution in [3.8, 4) is 0 Å². The molecule has 0 saturated carbocycles. The molecule has 0 aromatic heterocycles. The molecule has 8 heteroatoms. The molecule has 2 aromatic carbocycles. The molecule has 0 aliphatic carbocycles. The number of nitrogens with one attached hydrogen (secondary N) is 1. The van der Waals surface area contributed by atoms with Crippen molar-refractivity contribution in [1.82, 2.24) is 3.89 Å². The molecule has 122 valence electrons. The minimum atomic E-state index is -4.63. The van der Waals surface area contributed by atoms with Gasteiger partial charge < -0.3 is 9.87 Å². The Kier molecular flexibility index (Phi) is 4.76. The summed E-state index contributed by atoms with van der Waals surface area (Å²) in [6, 6.07) is 12.6. The molecule has 0 heterocycles. The summed E-state index contributed by atoms with van der Waals surface area (Å²) in [5.41, 5.74) is 0.846. The van der Waals surface area contributed by atoms with E-state index in [1.165, 1.54) is 38.4 Å². The van der Waals surface area contributed by atoms with Crippen LogP contribution in [0, 0.1) is 0 Å². The molecule has 0 saturated heterocycles. The minimum Gasteiger partial charge on any atom is -0.701 e. The number of anilines is 1. The lowest BCUT2D eigenvalue weighted by Crippen LogP contribution is -2.46. The summed E-state index contributed by atoms with van der Waals surface area (Å²) in [4.78, 5) is 12.3. The molecule has 0 radical (unpaired) electrons. The zero-order valence-electron chi connectivity index (χ0n) is 12.5. The first kappa shape index (κ1) is 17.4. The molecule has 1 amide bonds. The minimum absolute atomic E-state index is 0.187. The SMILES string of the molecule is C[N+](C)(c1cccc(C(=O)Nc2ccccc2Cl)c1)S(=O)(=O)[O-]. The maximum atomic E-state index is 12.3. The number of quaternary nitrogens is 1. The highest BCUT2D eigenvalue weighted by atomic mass is 35.5. The second-order valence-electron chi connectivity index (χ2n) is 5.26. The van der Waals surface area contributed by atoms with E-state index >= 15 is 0 Å². The predicted molar refractivity (Wildman–Crippen MR) is 89.2 cm³/mol. The fraction of sp³-hybridized carbons (Fsp3) is 0.133. The van der Waals surface area contributed by atoms with Crippen molar-refractivity contribution in [2.24, 2.45) is 0 Å². The third-order valence-corrected chi connectivity index (χ3v) is 5.07. The lowest BCUT2D eigenvalue weighted by atomic mass is 10.1. The molecule has 2 aromatic rings. The average molecular weight is 355 g/mol. The number of benzene rings is 2. The van der Waals surface area contributed by atoms with Crippen LogP contribution in [0.2, 0.25) is 5.02 Å². The summed E-state index contributed by atoms with van der Waals surface area (Å²) >= 11 is 5.98. The molecule has 0 atom stereocenters. The maximum absolute atomic E-state index is 12.3. The van der Waals surface area contributed by atoms with Crippen molar-refractivity contribution in [2.75, 3.05) is 19.4 Å². The van der Waals surface area contributed by atoms with Gasteiger partial charge in [-0.05, 0) is 18.2 Å². The molecule has 0 fully saturated rings. The molecule has 0 unspecified atom stereocenters. The first-order valence-corrected chi connectivity index (χ1v) is 8.34. The Morgan fingerprint density at radius 2 is 1.78 bits per heavy atom. The fourth-order valence-corrected chi connectivity index (χ4v) is 2.42. The number of amides is 1. The molecule has 1 N–H and O–H groups in total. The quantitative estimate of drug-likeness (QED) is 0.675. The molecule has 6 nitrogen and oxygen atoms in total. The normalized spacial score (nSPS) is 12.0. The second kappa shape index (κ2) is 6.29. The molecular formula is C15H15ClN2O4S. The number of carbonyl (C=O) groups excluding carboxylic acids is 1. The van der Waals surface area contributed by atoms with E-state index in [0.717, 1.165) is 0 Å². The first-order chi connectivity index (χ1) is 10.6. The number of hydrogen-bond donors (Lipinski definition) is 1. The zero-order chi connectivity index (χ0) is 17.3. The van der Waals surface area contributed by atoms with Gasteiger partial charge in [-0.2, -0.15) is 8.42 Å². The fourth-order valence-electron chi connectivity index (χ4n) is 1.87. The smallest absolute Gasteiger partial charge is 0.258 e. The highest BCUT2D eigenvalue weighted by Gasteiger charge is 2.27. The third kappa shape index (κ3) is 3.70. The van der Waals surface area contributed by atoms with Gasteiger partial charge in [0.1, 0.15) is 5.69 Å². The van der Waals surface area contributed by atoms with E-state index in [9.17, 15) is 17.8 Å². The highest BCUT2D eigenvalue weighted by molar-refractivity contribution is 7.85. The van der Waals surface area contributed by atoms with Gasteiger partial charge in [-0.15, -0.1) is 0 Å². The summed E-state index contributed by atoms with van der Waals surface area (Å²) < 4.78 is 33.2. The van der Waals surface area contributed by atoms with Gasteiger partial charge in [0.2, 0.25) is 0 Å². The van der Waals surface area contributed by atoms with E-state index in [1.807, 2.05) is 0 Å². The van der Waals surface area contributed by atoms with Crippen LogP contribution >= 0.6 is 11.6 Å². The number of rotatable bonds is 4. The standard InChI is InChI=1S/C15H15ClN2O4S/c1-18(2,23(20,21)22)12-7-5-6-11(10-12)15(19)17-14-9-4-3-8-13(14)16/h3-10H,1-2H3,(H-,17,19,20,21,22). The van der Waals surface area contributed by atoms with Gasteiger partial charge in [0.15, 0.2) is 0 Å². The summed E-state index contributed by atoms with van der Waals surface area (Å²) in [6.07, 6.45) is 0. The van der Waals surface area contributed by atoms with Crippen LogP contribution in [0.1, 0.15) is 10.4 Å². The molecule has 0 spiro atoms. The Labute approximate surface area is 139 Å². The van der Waals surface area contributed by atoms with Gasteiger partial charge in [-0.3, -0.25) is 4.79 Å². The number of carbonyl (C=O) groups is 1. The van der Waals surface area contributed by atoms with Crippen LogP contribution in [0.15, 0.2) is 48.5 Å². The van der Waals surface area contributed by atoms with Crippen LogP contribution in [-0.4, -0.2) is 33.0 Å². The first-order valence-electron chi connectivity index (χ1n) is 6.59. The van der Waals surface area contributed by atoms with Crippen molar-refractivity contribution in [3.05, 3.63) is 59.1 Å². The number of para-hydroxylation sites is 1. The molecule has 23 heavy (non-hydrogen) atoms. The zero-order valence-corrected chi connectivity index (χ0v) is 14.1. The van der Waals surface area contributed by atoms with Crippen LogP contribution < -0.4 is 9.21 Å². The Morgan fingerprint density at radius 1 is 1.13 bits per heavy atom. The predicted octanol–water partition coefficient (Wildman–Crippen LogP) is 2.62. The maximum Gasteiger partial charge on any atom is 0.258 e. The molecule has 0 aliphatic heterocycles. The Hall–Kier alpha value is -1.93. The third-order valence-electron chi connectivity index (χ3n) is 3.41. The van der Waals surface area contributed by atoms with Gasteiger partial charge in [0.05, 0.1) is 24.8 Å². The second-order valence-corrected chi connectivity index (χ2v) is 7.44. The molecular weight excluding hydrogens is 340 g/mol. The van der Waals surface area contributed by atoms with Crippen LogP contribution in [0.25, 0.3) is 0 Å². The van der Waals surface area contributed by atoms with E-state index in [0.29, 0.717) is 10.7 Å². The van der Waals surface area contributed by atoms with E-state index in [-0.39, 0.29) is 11.3 Å². The van der Waals surface area contributed by atoms with Crippen LogP contribution in [0.5, 0.6) is 0 Å². The molecule has 2 rings (SSSR count). The van der Waals surface area contributed by atoms with E-state index in [2.05, 4.69) is 5.32 Å². The monoisotopic (exact) mass is 354 g/mol. The van der Waals surface area contributed by atoms with Crippen molar-refractivity contribution < 1.29 is 17.8 Å². The van der Waals surface area contributed by atoms with Crippen molar-refractivity contribution in [2.45, 2.75) is 0 Å². The summed E-state index contributed by atoms with van der Waals surface area (Å²) in [5, 5.41) is 3.02. The Morgan fingerprint density at radius 3 is 2.39 bits per heavy atom. The van der Waals surface area contributed by atoms with Crippen LogP contribution in [0.4, 0.5) is 11.4 Å². The van der Waals surface area contributed by atoms with Crippen LogP contribution in [-0.2, 0) is 10.3 Å². The number of nitrogens with zero attached hydrogens (tertiary/aromatic N) is 1. The summed E-state index contributed by atoms with van der Waals surface area (Å²) in [7, 11) is -2.14. The van der Waals surface area contributed by atoms with Gasteiger partial charge in [0.25, 0.3) is 16.2 Å². The lowest BCUT2D eigenvalue weighted by molar-refractivity contribution is 0.102. The van der Waals surface area contributed by atoms with Gasteiger partial charge in [-0.1, -0.05) is 29.8 Å². The topological polar surface area (TPSA) is 86.3 Å². The number of halogens is 1. The summed E-state index contributed by atoms with van der Waals surface area (Å²) in [5.74, 6) is -0.455. The van der Waals surface area contributed by atoms with Gasteiger partial charge in [0, 0.05) is 17.7 Å². The number of hydrogen-bond acceptors (Lipinski definition) is 4. The Bertz CT molecular complexity index is 850. The molecule has 0 bridgehead atoms. The van der Waals surface area contributed by atoms with Gasteiger partial charge >= 0.3 is 0 Å². The highest BCUT2D eigenvalue weighted by Crippen LogP contribution is 2.25.